The van der Waals surface area contributed by atoms with Crippen LogP contribution in [0.5, 0.6) is 5.75 Å². The number of thiazole rings is 1. The molecule has 1 heterocycles. The zero-order valence-corrected chi connectivity index (χ0v) is 20.6. The number of fused-ring (bicyclic) bond motifs is 1. The fourth-order valence-electron chi connectivity index (χ4n) is 3.51. The van der Waals surface area contributed by atoms with E-state index in [9.17, 15) is 4.79 Å². The van der Waals surface area contributed by atoms with Gasteiger partial charge in [0.25, 0.3) is 0 Å². The third-order valence-electron chi connectivity index (χ3n) is 5.06. The second kappa shape index (κ2) is 9.81. The van der Waals surface area contributed by atoms with Gasteiger partial charge in [-0.05, 0) is 74.1 Å². The topological polar surface area (TPSA) is 54.5 Å². The van der Waals surface area contributed by atoms with Crippen molar-refractivity contribution in [1.82, 2.24) is 9.88 Å². The summed E-state index contributed by atoms with van der Waals surface area (Å²) in [5, 5.41) is 3.95. The Hall–Kier alpha value is -2.74. The highest BCUT2D eigenvalue weighted by Crippen LogP contribution is 2.31. The number of benzene rings is 3. The third-order valence-corrected chi connectivity index (χ3v) is 6.62. The van der Waals surface area contributed by atoms with E-state index in [2.05, 4.69) is 46.4 Å². The first-order chi connectivity index (χ1) is 15.4. The molecule has 0 aliphatic rings. The Morgan fingerprint density at radius 2 is 1.91 bits per heavy atom. The van der Waals surface area contributed by atoms with Gasteiger partial charge < -0.3 is 10.1 Å². The summed E-state index contributed by atoms with van der Waals surface area (Å²) in [7, 11) is 3.57. The third kappa shape index (κ3) is 5.35. The molecule has 7 heteroatoms. The van der Waals surface area contributed by atoms with E-state index in [-0.39, 0.29) is 12.5 Å². The van der Waals surface area contributed by atoms with Crippen LogP contribution in [0.2, 0.25) is 0 Å². The summed E-state index contributed by atoms with van der Waals surface area (Å²) in [5.41, 5.74) is 5.07. The van der Waals surface area contributed by atoms with Gasteiger partial charge >= 0.3 is 0 Å². The van der Waals surface area contributed by atoms with Crippen LogP contribution in [0, 0.1) is 6.92 Å². The molecule has 0 spiro atoms. The molecule has 1 N–H and O–H groups in total. The minimum Gasteiger partial charge on any atom is -0.496 e. The summed E-state index contributed by atoms with van der Waals surface area (Å²) < 4.78 is 7.59. The molecule has 0 radical (unpaired) electrons. The van der Waals surface area contributed by atoms with Crippen LogP contribution in [0.3, 0.4) is 0 Å². The van der Waals surface area contributed by atoms with Crippen molar-refractivity contribution in [2.45, 2.75) is 13.5 Å². The van der Waals surface area contributed by atoms with Crippen LogP contribution in [0.15, 0.2) is 65.1 Å². The lowest BCUT2D eigenvalue weighted by atomic mass is 10.2. The highest BCUT2D eigenvalue weighted by atomic mass is 79.9. The number of hydrogen-bond acceptors (Lipinski definition) is 5. The number of carbonyl (C=O) groups is 1. The number of amides is 1. The fraction of sp³-hybridized carbons (Fsp3) is 0.200. The maximum atomic E-state index is 12.5. The SMILES string of the molecule is COc1ccc(Br)cc1CN(C)CC(=O)Nc1ccc(-c2nc3ccc(C)cc3s2)cc1. The number of halogens is 1. The number of aromatic nitrogens is 1. The maximum absolute atomic E-state index is 12.5. The maximum Gasteiger partial charge on any atom is 0.238 e. The van der Waals surface area contributed by atoms with Gasteiger partial charge in [-0.15, -0.1) is 11.3 Å². The van der Waals surface area contributed by atoms with Crippen molar-refractivity contribution in [1.29, 1.82) is 0 Å². The van der Waals surface area contributed by atoms with E-state index in [1.807, 2.05) is 54.4 Å². The number of aryl methyl sites for hydroxylation is 1. The number of nitrogens with zero attached hydrogens (tertiary/aromatic N) is 2. The van der Waals surface area contributed by atoms with Gasteiger partial charge in [-0.1, -0.05) is 22.0 Å². The molecule has 32 heavy (non-hydrogen) atoms. The van der Waals surface area contributed by atoms with Crippen LogP contribution < -0.4 is 10.1 Å². The second-order valence-corrected chi connectivity index (χ2v) is 9.69. The predicted octanol–water partition coefficient (Wildman–Crippen LogP) is 6.11. The Morgan fingerprint density at radius 3 is 2.66 bits per heavy atom. The molecule has 1 amide bonds. The quantitative estimate of drug-likeness (QED) is 0.326. The first kappa shape index (κ1) is 22.5. The van der Waals surface area contributed by atoms with Gasteiger partial charge in [0, 0.05) is 27.8 Å². The smallest absolute Gasteiger partial charge is 0.238 e. The van der Waals surface area contributed by atoms with Crippen LogP contribution in [0.1, 0.15) is 11.1 Å². The van der Waals surface area contributed by atoms with Gasteiger partial charge in [0.2, 0.25) is 5.91 Å². The lowest BCUT2D eigenvalue weighted by Gasteiger charge is -2.18. The van der Waals surface area contributed by atoms with Crippen LogP contribution in [-0.4, -0.2) is 36.5 Å². The standard InChI is InChI=1S/C25H24BrN3O2S/c1-16-4-10-21-23(12-16)32-25(28-21)17-5-8-20(9-6-17)27-24(30)15-29(2)14-18-13-19(26)7-11-22(18)31-3/h4-13H,14-15H2,1-3H3,(H,27,30). The van der Waals surface area contributed by atoms with Crippen LogP contribution >= 0.6 is 27.3 Å². The summed E-state index contributed by atoms with van der Waals surface area (Å²) >= 11 is 5.17. The highest BCUT2D eigenvalue weighted by molar-refractivity contribution is 9.10. The van der Waals surface area contributed by atoms with Gasteiger partial charge in [-0.25, -0.2) is 4.98 Å². The monoisotopic (exact) mass is 509 g/mol. The minimum atomic E-state index is -0.0651. The summed E-state index contributed by atoms with van der Waals surface area (Å²) in [6, 6.07) is 20.0. The minimum absolute atomic E-state index is 0.0651. The number of ether oxygens (including phenoxy) is 1. The Labute approximate surface area is 200 Å². The van der Waals surface area contributed by atoms with E-state index >= 15 is 0 Å². The van der Waals surface area contributed by atoms with E-state index in [0.717, 1.165) is 37.6 Å². The van der Waals surface area contributed by atoms with Gasteiger partial charge in [0.05, 0.1) is 23.9 Å². The zero-order chi connectivity index (χ0) is 22.7. The Bertz CT molecular complexity index is 1250. The summed E-state index contributed by atoms with van der Waals surface area (Å²) in [4.78, 5) is 19.2. The molecule has 164 valence electrons. The van der Waals surface area contributed by atoms with Crippen molar-refractivity contribution < 1.29 is 9.53 Å². The van der Waals surface area contributed by atoms with Crippen molar-refractivity contribution in [2.75, 3.05) is 26.0 Å². The van der Waals surface area contributed by atoms with Crippen molar-refractivity contribution in [3.63, 3.8) is 0 Å². The first-order valence-corrected chi connectivity index (χ1v) is 11.8. The normalized spacial score (nSPS) is 11.2. The zero-order valence-electron chi connectivity index (χ0n) is 18.2. The molecule has 4 rings (SSSR count). The molecule has 0 aliphatic heterocycles. The Morgan fingerprint density at radius 1 is 1.12 bits per heavy atom. The van der Waals surface area contributed by atoms with Crippen LogP contribution in [0.25, 0.3) is 20.8 Å². The molecule has 0 atom stereocenters. The lowest BCUT2D eigenvalue weighted by Crippen LogP contribution is -2.30. The van der Waals surface area contributed by atoms with Crippen molar-refractivity contribution in [3.8, 4) is 16.3 Å². The van der Waals surface area contributed by atoms with E-state index in [4.69, 9.17) is 9.72 Å². The molecule has 0 bridgehead atoms. The summed E-state index contributed by atoms with van der Waals surface area (Å²) in [6.45, 7) is 2.96. The largest absolute Gasteiger partial charge is 0.496 e. The van der Waals surface area contributed by atoms with Gasteiger partial charge in [-0.2, -0.15) is 0 Å². The molecule has 0 aliphatic carbocycles. The fourth-order valence-corrected chi connectivity index (χ4v) is 4.99. The molecular formula is C25H24BrN3O2S. The number of rotatable bonds is 7. The van der Waals surface area contributed by atoms with E-state index in [1.165, 1.54) is 10.3 Å². The Kier molecular flexibility index (Phi) is 6.89. The van der Waals surface area contributed by atoms with Crippen molar-refractivity contribution >= 4 is 49.1 Å². The summed E-state index contributed by atoms with van der Waals surface area (Å²) in [5.74, 6) is 0.741. The molecule has 0 fully saturated rings. The van der Waals surface area contributed by atoms with Crippen LogP contribution in [-0.2, 0) is 11.3 Å². The molecule has 0 unspecified atom stereocenters. The molecule has 0 saturated carbocycles. The number of nitrogens with one attached hydrogen (secondary N) is 1. The van der Waals surface area contributed by atoms with Crippen molar-refractivity contribution in [3.05, 3.63) is 76.3 Å². The summed E-state index contributed by atoms with van der Waals surface area (Å²) in [6.07, 6.45) is 0. The van der Waals surface area contributed by atoms with E-state index in [1.54, 1.807) is 18.4 Å². The molecule has 0 saturated heterocycles. The number of hydrogen-bond donors (Lipinski definition) is 1. The van der Waals surface area contributed by atoms with E-state index in [0.29, 0.717) is 6.54 Å². The first-order valence-electron chi connectivity index (χ1n) is 10.2. The van der Waals surface area contributed by atoms with Crippen molar-refractivity contribution in [2.24, 2.45) is 0 Å². The lowest BCUT2D eigenvalue weighted by molar-refractivity contribution is -0.117. The number of anilines is 1. The van der Waals surface area contributed by atoms with Crippen LogP contribution in [0.4, 0.5) is 5.69 Å². The van der Waals surface area contributed by atoms with Gasteiger partial charge in [0.1, 0.15) is 10.8 Å². The Balaban J connectivity index is 1.37. The predicted molar refractivity (Wildman–Crippen MR) is 135 cm³/mol. The molecule has 5 nitrogen and oxygen atoms in total. The highest BCUT2D eigenvalue weighted by Gasteiger charge is 2.12. The molecular weight excluding hydrogens is 486 g/mol. The molecule has 3 aromatic carbocycles. The average molecular weight is 510 g/mol. The molecule has 1 aromatic heterocycles. The van der Waals surface area contributed by atoms with Gasteiger partial charge in [0.15, 0.2) is 0 Å². The number of likely N-dealkylation sites (N-methyl/N-ethyl adjacent to an activating group) is 1. The average Bonchev–Trinajstić information content (AvgIpc) is 3.17. The number of methoxy groups -OCH3 is 1. The van der Waals surface area contributed by atoms with E-state index < -0.39 is 0 Å². The van der Waals surface area contributed by atoms with Gasteiger partial charge in [-0.3, -0.25) is 9.69 Å². The number of carbonyl (C=O) groups excluding carboxylic acids is 1. The second-order valence-electron chi connectivity index (χ2n) is 7.74. The molecule has 4 aromatic rings.